The number of aromatic amines is 1. The molecule has 0 saturated carbocycles. The molecular weight excluding hydrogens is 404 g/mol. The Balaban J connectivity index is 1.78. The van der Waals surface area contributed by atoms with Crippen molar-refractivity contribution in [2.75, 3.05) is 25.5 Å². The smallest absolute Gasteiger partial charge is 0.261 e. The first-order valence-corrected chi connectivity index (χ1v) is 10.9. The Hall–Kier alpha value is -3.55. The number of amides is 1. The third-order valence-corrected chi connectivity index (χ3v) is 5.96. The van der Waals surface area contributed by atoms with Crippen LogP contribution >= 0.6 is 0 Å². The Bertz CT molecular complexity index is 1190. The highest BCUT2D eigenvalue weighted by Crippen LogP contribution is 2.37. The lowest BCUT2D eigenvalue weighted by atomic mass is 10.00. The second-order valence-electron chi connectivity index (χ2n) is 8.28. The van der Waals surface area contributed by atoms with Gasteiger partial charge in [-0.05, 0) is 55.5 Å². The number of likely N-dealkylation sites (tertiary alicyclic amines) is 1. The van der Waals surface area contributed by atoms with E-state index in [1.807, 2.05) is 45.0 Å². The fourth-order valence-corrected chi connectivity index (χ4v) is 4.26. The van der Waals surface area contributed by atoms with Crippen LogP contribution in [0, 0.1) is 6.92 Å². The van der Waals surface area contributed by atoms with Gasteiger partial charge in [0.1, 0.15) is 5.56 Å². The molecule has 0 radical (unpaired) electrons. The number of rotatable bonds is 5. The lowest BCUT2D eigenvalue weighted by molar-refractivity contribution is 0.0731. The maximum absolute atomic E-state index is 13.5. The van der Waals surface area contributed by atoms with E-state index in [-0.39, 0.29) is 23.1 Å². The number of pyridine rings is 2. The van der Waals surface area contributed by atoms with E-state index < -0.39 is 0 Å². The molecule has 1 aliphatic rings. The molecule has 4 heterocycles. The second kappa shape index (κ2) is 8.90. The van der Waals surface area contributed by atoms with E-state index in [0.29, 0.717) is 18.9 Å². The van der Waals surface area contributed by atoms with Crippen LogP contribution in [0.3, 0.4) is 0 Å². The minimum atomic E-state index is -0.339. The zero-order valence-corrected chi connectivity index (χ0v) is 18.9. The van der Waals surface area contributed by atoms with E-state index in [2.05, 4.69) is 15.0 Å². The van der Waals surface area contributed by atoms with Crippen molar-refractivity contribution in [2.45, 2.75) is 39.2 Å². The van der Waals surface area contributed by atoms with Crippen LogP contribution in [0.5, 0.6) is 0 Å². The minimum absolute atomic E-state index is 0.180. The largest absolute Gasteiger partial charge is 0.347 e. The van der Waals surface area contributed by atoms with Gasteiger partial charge in [0.25, 0.3) is 11.5 Å². The molecule has 1 amide bonds. The molecule has 32 heavy (non-hydrogen) atoms. The van der Waals surface area contributed by atoms with E-state index in [1.54, 1.807) is 29.6 Å². The number of carbonyl (C=O) groups excluding carboxylic acids is 1. The zero-order chi connectivity index (χ0) is 22.8. The normalized spacial score (nSPS) is 15.8. The average molecular weight is 433 g/mol. The quantitative estimate of drug-likeness (QED) is 0.666. The summed E-state index contributed by atoms with van der Waals surface area (Å²) in [5.74, 6) is 0.322. The second-order valence-corrected chi connectivity index (χ2v) is 8.28. The summed E-state index contributed by atoms with van der Waals surface area (Å²) in [5.41, 5.74) is 4.22. The lowest BCUT2D eigenvalue weighted by Gasteiger charge is -2.27. The first-order valence-electron chi connectivity index (χ1n) is 10.9. The Morgan fingerprint density at radius 3 is 2.72 bits per heavy atom. The molecule has 0 bridgehead atoms. The molecular formula is C24H28N6O2. The van der Waals surface area contributed by atoms with Gasteiger partial charge in [-0.2, -0.15) is 0 Å². The Labute approximate surface area is 187 Å². The molecule has 1 aliphatic heterocycles. The summed E-state index contributed by atoms with van der Waals surface area (Å²) in [6.45, 7) is 4.48. The monoisotopic (exact) mass is 432 g/mol. The van der Waals surface area contributed by atoms with Gasteiger partial charge in [-0.3, -0.25) is 14.6 Å². The summed E-state index contributed by atoms with van der Waals surface area (Å²) < 4.78 is 0. The highest BCUT2D eigenvalue weighted by molar-refractivity contribution is 5.94. The van der Waals surface area contributed by atoms with Crippen molar-refractivity contribution < 1.29 is 4.79 Å². The molecule has 0 aliphatic carbocycles. The predicted molar refractivity (Wildman–Crippen MR) is 124 cm³/mol. The van der Waals surface area contributed by atoms with E-state index in [0.717, 1.165) is 40.9 Å². The van der Waals surface area contributed by atoms with Crippen LogP contribution in [0.4, 0.5) is 5.95 Å². The number of hydrogen-bond acceptors (Lipinski definition) is 6. The molecule has 0 unspecified atom stereocenters. The number of carbonyl (C=O) groups is 1. The van der Waals surface area contributed by atoms with Crippen molar-refractivity contribution in [3.63, 3.8) is 0 Å². The van der Waals surface area contributed by atoms with Crippen LogP contribution in [0.25, 0.3) is 11.1 Å². The van der Waals surface area contributed by atoms with Gasteiger partial charge in [0, 0.05) is 50.5 Å². The number of nitrogens with one attached hydrogen (secondary N) is 1. The maximum atomic E-state index is 13.5. The molecule has 1 saturated heterocycles. The summed E-state index contributed by atoms with van der Waals surface area (Å²) >= 11 is 0. The van der Waals surface area contributed by atoms with Gasteiger partial charge in [-0.25, -0.2) is 9.97 Å². The molecule has 8 nitrogen and oxygen atoms in total. The van der Waals surface area contributed by atoms with Crippen molar-refractivity contribution in [3.8, 4) is 11.1 Å². The van der Waals surface area contributed by atoms with E-state index in [4.69, 9.17) is 4.98 Å². The van der Waals surface area contributed by atoms with Crippen molar-refractivity contribution in [1.82, 2.24) is 24.8 Å². The SMILES string of the molecule is CCc1[nH]c(=O)c(C(=O)N2CCC[C@H]2c2nc(N(C)C)ncc2-c2ccncc2)cc1C. The lowest BCUT2D eigenvalue weighted by Crippen LogP contribution is -2.35. The number of aromatic nitrogens is 4. The topological polar surface area (TPSA) is 95.1 Å². The summed E-state index contributed by atoms with van der Waals surface area (Å²) in [6.07, 6.45) is 7.60. The van der Waals surface area contributed by atoms with Gasteiger partial charge >= 0.3 is 0 Å². The molecule has 1 N–H and O–H groups in total. The summed E-state index contributed by atoms with van der Waals surface area (Å²) in [5, 5.41) is 0. The van der Waals surface area contributed by atoms with Gasteiger partial charge in [0.05, 0.1) is 11.7 Å². The summed E-state index contributed by atoms with van der Waals surface area (Å²) in [4.78, 5) is 46.1. The molecule has 8 heteroatoms. The molecule has 3 aromatic rings. The van der Waals surface area contributed by atoms with Crippen molar-refractivity contribution >= 4 is 11.9 Å². The van der Waals surface area contributed by atoms with Gasteiger partial charge in [0.15, 0.2) is 0 Å². The van der Waals surface area contributed by atoms with Gasteiger partial charge in [-0.15, -0.1) is 0 Å². The Kier molecular flexibility index (Phi) is 6.03. The minimum Gasteiger partial charge on any atom is -0.347 e. The summed E-state index contributed by atoms with van der Waals surface area (Å²) in [7, 11) is 3.78. The summed E-state index contributed by atoms with van der Waals surface area (Å²) in [6, 6.07) is 5.30. The highest BCUT2D eigenvalue weighted by atomic mass is 16.2. The van der Waals surface area contributed by atoms with Crippen LogP contribution in [0.2, 0.25) is 0 Å². The third kappa shape index (κ3) is 4.00. The molecule has 0 spiro atoms. The number of hydrogen-bond donors (Lipinski definition) is 1. The van der Waals surface area contributed by atoms with Gasteiger partial charge in [0.2, 0.25) is 5.95 Å². The Morgan fingerprint density at radius 2 is 2.03 bits per heavy atom. The van der Waals surface area contributed by atoms with E-state index in [9.17, 15) is 9.59 Å². The molecule has 1 atom stereocenters. The molecule has 166 valence electrons. The maximum Gasteiger partial charge on any atom is 0.261 e. The fraction of sp³-hybridized carbons (Fsp3) is 0.375. The number of nitrogens with zero attached hydrogens (tertiary/aromatic N) is 5. The predicted octanol–water partition coefficient (Wildman–Crippen LogP) is 3.14. The first-order chi connectivity index (χ1) is 15.4. The highest BCUT2D eigenvalue weighted by Gasteiger charge is 2.35. The third-order valence-electron chi connectivity index (χ3n) is 5.96. The van der Waals surface area contributed by atoms with Gasteiger partial charge < -0.3 is 14.8 Å². The molecule has 1 fully saturated rings. The van der Waals surface area contributed by atoms with Crippen molar-refractivity contribution in [3.05, 3.63) is 69.7 Å². The fourth-order valence-electron chi connectivity index (χ4n) is 4.26. The Morgan fingerprint density at radius 1 is 1.28 bits per heavy atom. The standard InChI is InChI=1S/C24H28N6O2/c1-5-19-15(2)13-17(22(31)27-19)23(32)30-12-6-7-20(30)21-18(16-8-10-25-11-9-16)14-26-24(28-21)29(3)4/h8-11,13-14,20H,5-7,12H2,1-4H3,(H,27,31)/t20-/m0/s1. The van der Waals surface area contributed by atoms with Crippen molar-refractivity contribution in [1.29, 1.82) is 0 Å². The van der Waals surface area contributed by atoms with Crippen LogP contribution < -0.4 is 10.5 Å². The average Bonchev–Trinajstić information content (AvgIpc) is 3.29. The number of aryl methyl sites for hydroxylation is 2. The van der Waals surface area contributed by atoms with Gasteiger partial charge in [-0.1, -0.05) is 6.92 Å². The first kappa shape index (κ1) is 21.7. The number of H-pyrrole nitrogens is 1. The van der Waals surface area contributed by atoms with Crippen LogP contribution in [0.15, 0.2) is 41.6 Å². The van der Waals surface area contributed by atoms with E-state index >= 15 is 0 Å². The zero-order valence-electron chi connectivity index (χ0n) is 18.9. The van der Waals surface area contributed by atoms with Crippen LogP contribution in [0.1, 0.15) is 53.1 Å². The molecule has 4 rings (SSSR count). The molecule has 0 aromatic carbocycles. The van der Waals surface area contributed by atoms with Crippen molar-refractivity contribution in [2.24, 2.45) is 0 Å². The molecule has 3 aromatic heterocycles. The van der Waals surface area contributed by atoms with Crippen LogP contribution in [-0.2, 0) is 6.42 Å². The number of anilines is 1. The van der Waals surface area contributed by atoms with Crippen LogP contribution in [-0.4, -0.2) is 51.4 Å². The van der Waals surface area contributed by atoms with E-state index in [1.165, 1.54) is 0 Å².